The number of halogens is 1. The molecule has 0 aliphatic rings. The zero-order valence-electron chi connectivity index (χ0n) is 11.3. The van der Waals surface area contributed by atoms with Crippen LogP contribution in [0, 0.1) is 5.82 Å². The molecule has 0 aliphatic carbocycles. The van der Waals surface area contributed by atoms with Gasteiger partial charge in [-0.15, -0.1) is 0 Å². The highest BCUT2D eigenvalue weighted by atomic mass is 19.1. The van der Waals surface area contributed by atoms with E-state index in [1.807, 2.05) is 30.3 Å². The van der Waals surface area contributed by atoms with Gasteiger partial charge in [-0.2, -0.15) is 0 Å². The minimum atomic E-state index is -0.573. The molecule has 0 heterocycles. The molecule has 0 aromatic heterocycles. The molecule has 2 rings (SSSR count). The van der Waals surface area contributed by atoms with Crippen molar-refractivity contribution in [1.29, 1.82) is 0 Å². The molecular weight excluding hydrogens is 255 g/mol. The van der Waals surface area contributed by atoms with Crippen molar-refractivity contribution in [2.24, 2.45) is 5.73 Å². The highest BCUT2D eigenvalue weighted by Crippen LogP contribution is 2.21. The number of benzene rings is 2. The molecule has 2 N–H and O–H groups in total. The molecule has 0 radical (unpaired) electrons. The highest BCUT2D eigenvalue weighted by molar-refractivity contribution is 5.81. The van der Waals surface area contributed by atoms with E-state index in [0.717, 1.165) is 5.56 Å². The summed E-state index contributed by atoms with van der Waals surface area (Å²) in [5.74, 6) is -0.731. The molecule has 1 amide bonds. The van der Waals surface area contributed by atoms with Crippen LogP contribution >= 0.6 is 0 Å². The maximum atomic E-state index is 13.7. The lowest BCUT2D eigenvalue weighted by Crippen LogP contribution is -2.35. The third-order valence-corrected chi connectivity index (χ3v) is 3.20. The summed E-state index contributed by atoms with van der Waals surface area (Å²) in [6.45, 7) is 0.315. The van der Waals surface area contributed by atoms with E-state index in [1.54, 1.807) is 30.1 Å². The Morgan fingerprint density at radius 1 is 1.15 bits per heavy atom. The third-order valence-electron chi connectivity index (χ3n) is 3.20. The van der Waals surface area contributed by atoms with Crippen LogP contribution in [0.5, 0.6) is 0 Å². The van der Waals surface area contributed by atoms with Crippen LogP contribution in [-0.4, -0.2) is 17.9 Å². The summed E-state index contributed by atoms with van der Waals surface area (Å²) in [5, 5.41) is 0. The van der Waals surface area contributed by atoms with E-state index >= 15 is 0 Å². The fraction of sp³-hybridized carbons (Fsp3) is 0.188. The van der Waals surface area contributed by atoms with E-state index in [0.29, 0.717) is 12.1 Å². The van der Waals surface area contributed by atoms with Crippen LogP contribution < -0.4 is 5.73 Å². The lowest BCUT2D eigenvalue weighted by molar-refractivity contribution is -0.123. The number of rotatable bonds is 5. The second-order valence-electron chi connectivity index (χ2n) is 4.72. The molecular formula is C16H17FN2O. The Morgan fingerprint density at radius 2 is 1.75 bits per heavy atom. The van der Waals surface area contributed by atoms with Gasteiger partial charge in [0.05, 0.1) is 0 Å². The maximum absolute atomic E-state index is 13.7. The van der Waals surface area contributed by atoms with Crippen LogP contribution in [0.2, 0.25) is 0 Å². The van der Waals surface area contributed by atoms with E-state index in [-0.39, 0.29) is 5.82 Å². The van der Waals surface area contributed by atoms with Gasteiger partial charge in [-0.3, -0.25) is 9.69 Å². The van der Waals surface area contributed by atoms with Crippen LogP contribution in [0.1, 0.15) is 17.2 Å². The zero-order valence-corrected chi connectivity index (χ0v) is 11.3. The first-order valence-corrected chi connectivity index (χ1v) is 6.37. The van der Waals surface area contributed by atoms with Gasteiger partial charge in [-0.1, -0.05) is 48.5 Å². The smallest absolute Gasteiger partial charge is 0.239 e. The zero-order chi connectivity index (χ0) is 14.5. The van der Waals surface area contributed by atoms with Crippen LogP contribution in [-0.2, 0) is 11.3 Å². The van der Waals surface area contributed by atoms with Crippen molar-refractivity contribution in [3.8, 4) is 0 Å². The number of hydrogen-bond acceptors (Lipinski definition) is 2. The number of carbonyl (C=O) groups is 1. The number of hydrogen-bond donors (Lipinski definition) is 1. The van der Waals surface area contributed by atoms with Gasteiger partial charge in [0.25, 0.3) is 0 Å². The lowest BCUT2D eigenvalue weighted by Gasteiger charge is -2.26. The van der Waals surface area contributed by atoms with Gasteiger partial charge in [-0.25, -0.2) is 4.39 Å². The monoisotopic (exact) mass is 272 g/mol. The van der Waals surface area contributed by atoms with Crippen molar-refractivity contribution in [3.05, 3.63) is 71.5 Å². The van der Waals surface area contributed by atoms with Crippen LogP contribution in [0.3, 0.4) is 0 Å². The van der Waals surface area contributed by atoms with Gasteiger partial charge in [0.15, 0.2) is 0 Å². The Bertz CT molecular complexity index is 586. The van der Waals surface area contributed by atoms with Crippen molar-refractivity contribution < 1.29 is 9.18 Å². The minimum absolute atomic E-state index is 0.282. The number of nitrogens with two attached hydrogens (primary N) is 1. The largest absolute Gasteiger partial charge is 0.368 e. The summed E-state index contributed by atoms with van der Waals surface area (Å²) in [4.78, 5) is 13.4. The Kier molecular flexibility index (Phi) is 4.48. The first kappa shape index (κ1) is 14.2. The lowest BCUT2D eigenvalue weighted by atomic mass is 10.0. The summed E-state index contributed by atoms with van der Waals surface area (Å²) in [6.07, 6.45) is 0. The Labute approximate surface area is 117 Å². The van der Waals surface area contributed by atoms with Gasteiger partial charge in [0.2, 0.25) is 5.91 Å². The number of carbonyl (C=O) groups excluding carboxylic acids is 1. The molecule has 0 spiro atoms. The Balaban J connectivity index is 2.23. The quantitative estimate of drug-likeness (QED) is 0.909. The van der Waals surface area contributed by atoms with Crippen molar-refractivity contribution in [3.63, 3.8) is 0 Å². The topological polar surface area (TPSA) is 46.3 Å². The summed E-state index contributed by atoms with van der Waals surface area (Å²) in [6, 6.07) is 15.2. The third kappa shape index (κ3) is 3.22. The van der Waals surface area contributed by atoms with Gasteiger partial charge in [-0.05, 0) is 18.7 Å². The SMILES string of the molecule is CN(Cc1ccccc1F)[C@H](C(N)=O)c1ccccc1. The molecule has 0 saturated heterocycles. The highest BCUT2D eigenvalue weighted by Gasteiger charge is 2.23. The molecule has 0 aliphatic heterocycles. The summed E-state index contributed by atoms with van der Waals surface area (Å²) >= 11 is 0. The Hall–Kier alpha value is -2.20. The molecule has 2 aromatic carbocycles. The number of amides is 1. The molecule has 20 heavy (non-hydrogen) atoms. The second-order valence-corrected chi connectivity index (χ2v) is 4.72. The van der Waals surface area contributed by atoms with Crippen molar-refractivity contribution in [2.75, 3.05) is 7.05 Å². The van der Waals surface area contributed by atoms with E-state index in [2.05, 4.69) is 0 Å². The average molecular weight is 272 g/mol. The fourth-order valence-corrected chi connectivity index (χ4v) is 2.26. The molecule has 0 saturated carbocycles. The normalized spacial score (nSPS) is 12.3. The molecule has 0 bridgehead atoms. The number of nitrogens with zero attached hydrogens (tertiary/aromatic N) is 1. The summed E-state index contributed by atoms with van der Waals surface area (Å²) in [7, 11) is 1.76. The number of primary amides is 1. The van der Waals surface area contributed by atoms with E-state index in [4.69, 9.17) is 5.73 Å². The van der Waals surface area contributed by atoms with Crippen LogP contribution in [0.15, 0.2) is 54.6 Å². The van der Waals surface area contributed by atoms with E-state index < -0.39 is 11.9 Å². The molecule has 4 heteroatoms. The predicted octanol–water partition coefficient (Wildman–Crippen LogP) is 2.48. The predicted molar refractivity (Wildman–Crippen MR) is 76.2 cm³/mol. The summed E-state index contributed by atoms with van der Waals surface area (Å²) < 4.78 is 13.7. The average Bonchev–Trinajstić information content (AvgIpc) is 2.42. The molecule has 2 aromatic rings. The van der Waals surface area contributed by atoms with Gasteiger partial charge < -0.3 is 5.73 Å². The molecule has 0 unspecified atom stereocenters. The maximum Gasteiger partial charge on any atom is 0.239 e. The van der Waals surface area contributed by atoms with Gasteiger partial charge in [0.1, 0.15) is 11.9 Å². The molecule has 1 atom stereocenters. The Morgan fingerprint density at radius 3 is 2.35 bits per heavy atom. The van der Waals surface area contributed by atoms with Crippen LogP contribution in [0.4, 0.5) is 4.39 Å². The molecule has 3 nitrogen and oxygen atoms in total. The minimum Gasteiger partial charge on any atom is -0.368 e. The first-order chi connectivity index (χ1) is 9.59. The standard InChI is InChI=1S/C16H17FN2O/c1-19(11-13-9-5-6-10-14(13)17)15(16(18)20)12-7-3-2-4-8-12/h2-10,15H,11H2,1H3,(H2,18,20)/t15-/m0/s1. The summed E-state index contributed by atoms with van der Waals surface area (Å²) in [5.41, 5.74) is 6.83. The molecule has 0 fully saturated rings. The van der Waals surface area contributed by atoms with E-state index in [9.17, 15) is 9.18 Å². The second kappa shape index (κ2) is 6.30. The van der Waals surface area contributed by atoms with Crippen molar-refractivity contribution in [1.82, 2.24) is 4.90 Å². The first-order valence-electron chi connectivity index (χ1n) is 6.37. The van der Waals surface area contributed by atoms with Gasteiger partial charge >= 0.3 is 0 Å². The van der Waals surface area contributed by atoms with Crippen molar-refractivity contribution >= 4 is 5.91 Å². The van der Waals surface area contributed by atoms with E-state index in [1.165, 1.54) is 6.07 Å². The molecule has 104 valence electrons. The van der Waals surface area contributed by atoms with Crippen LogP contribution in [0.25, 0.3) is 0 Å². The number of likely N-dealkylation sites (N-methyl/N-ethyl adjacent to an activating group) is 1. The van der Waals surface area contributed by atoms with Gasteiger partial charge in [0, 0.05) is 12.1 Å². The van der Waals surface area contributed by atoms with Crippen molar-refractivity contribution in [2.45, 2.75) is 12.6 Å². The fourth-order valence-electron chi connectivity index (χ4n) is 2.26.